The predicted octanol–water partition coefficient (Wildman–Crippen LogP) is 9.64. The molecule has 0 aliphatic rings. The number of ether oxygens (including phenoxy) is 3. The van der Waals surface area contributed by atoms with Crippen LogP contribution in [0.4, 0.5) is 0 Å². The highest BCUT2D eigenvalue weighted by Crippen LogP contribution is 2.30. The van der Waals surface area contributed by atoms with Crippen LogP contribution in [-0.4, -0.2) is 25.8 Å². The third-order valence-electron chi connectivity index (χ3n) is 6.69. The molecule has 3 aromatic rings. The van der Waals surface area contributed by atoms with Crippen LogP contribution in [0.5, 0.6) is 11.5 Å². The molecule has 0 unspecified atom stereocenters. The van der Waals surface area contributed by atoms with Gasteiger partial charge in [-0.05, 0) is 119 Å². The molecule has 0 aliphatic carbocycles. The number of hydrogen-bond donors (Lipinski definition) is 0. The van der Waals surface area contributed by atoms with Gasteiger partial charge in [0.1, 0.15) is 18.1 Å². The average Bonchev–Trinajstić information content (AvgIpc) is 2.96. The molecule has 4 heteroatoms. The SMILES string of the molecule is CCOc1ccc(OCCC/C(=C/c2ccccc2)c2c(C)cccc2C(=O)OC/C=C(\C)CCC=C(C)C)cc1. The lowest BCUT2D eigenvalue weighted by molar-refractivity contribution is 0.0548. The van der Waals surface area contributed by atoms with E-state index in [-0.39, 0.29) is 12.6 Å². The van der Waals surface area contributed by atoms with Crippen LogP contribution in [0.15, 0.2) is 96.1 Å². The molecule has 3 aromatic carbocycles. The Morgan fingerprint density at radius 3 is 2.20 bits per heavy atom. The molecule has 41 heavy (non-hydrogen) atoms. The quantitative estimate of drug-likeness (QED) is 0.0815. The van der Waals surface area contributed by atoms with Crippen LogP contribution in [0.1, 0.15) is 80.4 Å². The maximum Gasteiger partial charge on any atom is 0.339 e. The molecule has 0 aliphatic heterocycles. The third-order valence-corrected chi connectivity index (χ3v) is 6.69. The van der Waals surface area contributed by atoms with Crippen LogP contribution in [0.3, 0.4) is 0 Å². The zero-order valence-electron chi connectivity index (χ0n) is 25.2. The smallest absolute Gasteiger partial charge is 0.339 e. The van der Waals surface area contributed by atoms with Crippen molar-refractivity contribution in [3.05, 3.63) is 118 Å². The van der Waals surface area contributed by atoms with E-state index in [0.717, 1.165) is 59.4 Å². The molecule has 216 valence electrons. The van der Waals surface area contributed by atoms with Gasteiger partial charge in [0.15, 0.2) is 0 Å². The number of aryl methyl sites for hydroxylation is 1. The molecule has 0 heterocycles. The molecule has 0 aromatic heterocycles. The number of rotatable bonds is 15. The summed E-state index contributed by atoms with van der Waals surface area (Å²) in [6.07, 6.45) is 9.90. The largest absolute Gasteiger partial charge is 0.494 e. The maximum absolute atomic E-state index is 13.3. The minimum atomic E-state index is -0.304. The Morgan fingerprint density at radius 2 is 1.51 bits per heavy atom. The van der Waals surface area contributed by atoms with Gasteiger partial charge < -0.3 is 14.2 Å². The second kappa shape index (κ2) is 16.9. The summed E-state index contributed by atoms with van der Waals surface area (Å²) >= 11 is 0. The molecule has 0 saturated heterocycles. The van der Waals surface area contributed by atoms with Gasteiger partial charge >= 0.3 is 5.97 Å². The van der Waals surface area contributed by atoms with E-state index in [1.54, 1.807) is 0 Å². The molecule has 0 spiro atoms. The van der Waals surface area contributed by atoms with E-state index < -0.39 is 0 Å². The molecule has 0 saturated carbocycles. The van der Waals surface area contributed by atoms with Crippen molar-refractivity contribution in [2.24, 2.45) is 0 Å². The molecule has 0 bridgehead atoms. The Balaban J connectivity index is 1.74. The van der Waals surface area contributed by atoms with Gasteiger partial charge in [0.05, 0.1) is 18.8 Å². The molecule has 4 nitrogen and oxygen atoms in total. The molecule has 0 atom stereocenters. The van der Waals surface area contributed by atoms with Crippen LogP contribution < -0.4 is 9.47 Å². The fourth-order valence-corrected chi connectivity index (χ4v) is 4.56. The zero-order chi connectivity index (χ0) is 29.5. The number of carbonyl (C=O) groups excluding carboxylic acids is 1. The third kappa shape index (κ3) is 10.8. The topological polar surface area (TPSA) is 44.8 Å². The van der Waals surface area contributed by atoms with E-state index in [1.165, 1.54) is 11.1 Å². The molecule has 3 rings (SSSR count). The fourth-order valence-electron chi connectivity index (χ4n) is 4.56. The summed E-state index contributed by atoms with van der Waals surface area (Å²) in [4.78, 5) is 13.3. The van der Waals surface area contributed by atoms with E-state index in [0.29, 0.717) is 18.8 Å². The highest BCUT2D eigenvalue weighted by atomic mass is 16.5. The summed E-state index contributed by atoms with van der Waals surface area (Å²) < 4.78 is 17.3. The van der Waals surface area contributed by atoms with Gasteiger partial charge in [-0.2, -0.15) is 0 Å². The first-order chi connectivity index (χ1) is 19.9. The van der Waals surface area contributed by atoms with E-state index in [1.807, 2.05) is 67.6 Å². The lowest BCUT2D eigenvalue weighted by atomic mass is 9.90. The van der Waals surface area contributed by atoms with Gasteiger partial charge in [0, 0.05) is 0 Å². The second-order valence-corrected chi connectivity index (χ2v) is 10.4. The molecular weight excluding hydrogens is 508 g/mol. The van der Waals surface area contributed by atoms with E-state index in [4.69, 9.17) is 14.2 Å². The van der Waals surface area contributed by atoms with Gasteiger partial charge in [0.25, 0.3) is 0 Å². The van der Waals surface area contributed by atoms with Crippen LogP contribution >= 0.6 is 0 Å². The molecule has 0 amide bonds. The normalized spacial score (nSPS) is 11.6. The van der Waals surface area contributed by atoms with E-state index in [2.05, 4.69) is 58.0 Å². The first kappa shape index (κ1) is 31.5. The molecular formula is C37H44O4. The van der Waals surface area contributed by atoms with Gasteiger partial charge in [-0.3, -0.25) is 0 Å². The number of esters is 1. The fraction of sp³-hybridized carbons (Fsp3) is 0.324. The van der Waals surface area contributed by atoms with Crippen molar-refractivity contribution < 1.29 is 19.0 Å². The number of hydrogen-bond acceptors (Lipinski definition) is 4. The van der Waals surface area contributed by atoms with Crippen molar-refractivity contribution in [1.29, 1.82) is 0 Å². The summed E-state index contributed by atoms with van der Waals surface area (Å²) in [5, 5.41) is 0. The number of benzene rings is 3. The van der Waals surface area contributed by atoms with Gasteiger partial charge in [-0.25, -0.2) is 4.79 Å². The van der Waals surface area contributed by atoms with Crippen molar-refractivity contribution in [3.8, 4) is 11.5 Å². The van der Waals surface area contributed by atoms with Crippen molar-refractivity contribution in [2.75, 3.05) is 19.8 Å². The Hall–Kier alpha value is -4.05. The minimum absolute atomic E-state index is 0.264. The van der Waals surface area contributed by atoms with Gasteiger partial charge in [0.2, 0.25) is 0 Å². The second-order valence-electron chi connectivity index (χ2n) is 10.4. The zero-order valence-corrected chi connectivity index (χ0v) is 25.2. The van der Waals surface area contributed by atoms with Crippen molar-refractivity contribution in [1.82, 2.24) is 0 Å². The van der Waals surface area contributed by atoms with Gasteiger partial charge in [-0.1, -0.05) is 65.8 Å². The summed E-state index contributed by atoms with van der Waals surface area (Å²) in [7, 11) is 0. The van der Waals surface area contributed by atoms with E-state index >= 15 is 0 Å². The van der Waals surface area contributed by atoms with Crippen LogP contribution in [0, 0.1) is 6.92 Å². The summed E-state index contributed by atoms with van der Waals surface area (Å²) in [5.74, 6) is 1.34. The number of allylic oxidation sites excluding steroid dienone is 4. The maximum atomic E-state index is 13.3. The molecule has 0 radical (unpaired) electrons. The highest BCUT2D eigenvalue weighted by molar-refractivity contribution is 5.98. The van der Waals surface area contributed by atoms with Crippen LogP contribution in [-0.2, 0) is 4.74 Å². The van der Waals surface area contributed by atoms with Crippen molar-refractivity contribution in [2.45, 2.75) is 60.3 Å². The Kier molecular flexibility index (Phi) is 13.0. The Labute approximate surface area is 246 Å². The highest BCUT2D eigenvalue weighted by Gasteiger charge is 2.18. The standard InChI is InChI=1S/C37H44O4/c1-6-39-33-20-22-34(23-21-33)40-25-12-18-32(27-31-16-8-7-9-17-31)36-30(5)15-11-19-35(36)37(38)41-26-24-29(4)14-10-13-28(2)3/h7-9,11,13,15-17,19-24,27H,6,10,12,14,18,25-26H2,1-5H3/b29-24+,32-27-. The lowest BCUT2D eigenvalue weighted by Gasteiger charge is -2.16. The van der Waals surface area contributed by atoms with Gasteiger partial charge in [-0.15, -0.1) is 0 Å². The molecule has 0 N–H and O–H groups in total. The first-order valence-electron chi connectivity index (χ1n) is 14.5. The van der Waals surface area contributed by atoms with Crippen LogP contribution in [0.25, 0.3) is 11.6 Å². The minimum Gasteiger partial charge on any atom is -0.494 e. The monoisotopic (exact) mass is 552 g/mol. The predicted molar refractivity (Wildman–Crippen MR) is 171 cm³/mol. The van der Waals surface area contributed by atoms with E-state index in [9.17, 15) is 4.79 Å². The summed E-state index contributed by atoms with van der Waals surface area (Å²) in [6, 6.07) is 23.8. The lowest BCUT2D eigenvalue weighted by Crippen LogP contribution is -2.10. The molecule has 0 fully saturated rings. The summed E-state index contributed by atoms with van der Waals surface area (Å²) in [5.41, 5.74) is 7.29. The number of carbonyl (C=O) groups is 1. The Morgan fingerprint density at radius 1 is 0.805 bits per heavy atom. The average molecular weight is 553 g/mol. The van der Waals surface area contributed by atoms with Crippen molar-refractivity contribution in [3.63, 3.8) is 0 Å². The van der Waals surface area contributed by atoms with Crippen LogP contribution in [0.2, 0.25) is 0 Å². The first-order valence-corrected chi connectivity index (χ1v) is 14.5. The van der Waals surface area contributed by atoms with Crippen molar-refractivity contribution >= 4 is 17.6 Å². The Bertz CT molecular complexity index is 1330. The summed E-state index contributed by atoms with van der Waals surface area (Å²) in [6.45, 7) is 11.8.